The second-order valence-corrected chi connectivity index (χ2v) is 6.98. The van der Waals surface area contributed by atoms with Gasteiger partial charge >= 0.3 is 5.97 Å². The molecule has 0 spiro atoms. The monoisotopic (exact) mass is 359 g/mol. The molecule has 8 heteroatoms. The zero-order valence-electron chi connectivity index (χ0n) is 18.4. The van der Waals surface area contributed by atoms with Crippen molar-refractivity contribution in [2.75, 3.05) is 14.0 Å². The van der Waals surface area contributed by atoms with E-state index in [4.69, 9.17) is 8.95 Å². The molecule has 1 rings (SSSR count). The average molecular weight is 359 g/mol. The second kappa shape index (κ2) is 8.94. The van der Waals surface area contributed by atoms with Crippen molar-refractivity contribution >= 4 is 23.7 Å². The highest BCUT2D eigenvalue weighted by molar-refractivity contribution is 6.02. The Morgan fingerprint density at radius 3 is 2.24 bits per heavy atom. The Balaban J connectivity index is 2.95. The predicted molar refractivity (Wildman–Crippen MR) is 90.9 cm³/mol. The van der Waals surface area contributed by atoms with Gasteiger partial charge < -0.3 is 10.2 Å². The molecule has 8 nitrogen and oxygen atoms in total. The molecular weight excluding hydrogens is 327 g/mol. The summed E-state index contributed by atoms with van der Waals surface area (Å²) in [6.07, 6.45) is 0.193. The van der Waals surface area contributed by atoms with Crippen molar-refractivity contribution in [1.82, 2.24) is 15.3 Å². The van der Waals surface area contributed by atoms with Crippen LogP contribution in [0.25, 0.3) is 0 Å². The van der Waals surface area contributed by atoms with Crippen LogP contribution < -0.4 is 5.32 Å². The van der Waals surface area contributed by atoms with Gasteiger partial charge in [-0.1, -0.05) is 27.7 Å². The van der Waals surface area contributed by atoms with Gasteiger partial charge in [-0.25, -0.2) is 4.79 Å². The summed E-state index contributed by atoms with van der Waals surface area (Å²) in [5.74, 6) is -3.21. The van der Waals surface area contributed by atoms with Crippen molar-refractivity contribution in [1.29, 1.82) is 0 Å². The Labute approximate surface area is 153 Å². The third-order valence-electron chi connectivity index (χ3n) is 3.87. The lowest BCUT2D eigenvalue weighted by Crippen LogP contribution is -2.53. The Kier molecular flexibility index (Phi) is 5.90. The minimum absolute atomic E-state index is 0.0323. The minimum atomic E-state index is -2.49. The molecule has 0 aromatic carbocycles. The highest BCUT2D eigenvalue weighted by atomic mass is 16.7. The fourth-order valence-corrected chi connectivity index (χ4v) is 2.44. The van der Waals surface area contributed by atoms with Gasteiger partial charge in [0.2, 0.25) is 5.91 Å². The molecule has 1 fully saturated rings. The second-order valence-electron chi connectivity index (χ2n) is 6.98. The van der Waals surface area contributed by atoms with Crippen LogP contribution in [0.1, 0.15) is 51.1 Å². The van der Waals surface area contributed by atoms with Crippen molar-refractivity contribution < 1.29 is 28.1 Å². The SMILES string of the molecule is [2H][13C]([2H])([2H])N(C)C(CC(C)C)C(=O)NC(C(=O)ON1C(=O)CCC1=O)C(C)C. The number of hydroxylamine groups is 2. The molecule has 1 heterocycles. The van der Waals surface area contributed by atoms with Crippen LogP contribution >= 0.6 is 0 Å². The number of imide groups is 1. The van der Waals surface area contributed by atoms with Crippen LogP contribution in [-0.2, 0) is 24.0 Å². The van der Waals surface area contributed by atoms with Crippen molar-refractivity contribution in [3.05, 3.63) is 0 Å². The number of amides is 3. The van der Waals surface area contributed by atoms with Crippen molar-refractivity contribution in [2.24, 2.45) is 11.8 Å². The maximum atomic E-state index is 12.8. The topological polar surface area (TPSA) is 96.0 Å². The summed E-state index contributed by atoms with van der Waals surface area (Å²) in [5.41, 5.74) is 0. The summed E-state index contributed by atoms with van der Waals surface area (Å²) in [7, 11) is 1.32. The molecule has 0 radical (unpaired) electrons. The Morgan fingerprint density at radius 1 is 1.24 bits per heavy atom. The molecule has 25 heavy (non-hydrogen) atoms. The first-order valence-corrected chi connectivity index (χ1v) is 8.36. The van der Waals surface area contributed by atoms with E-state index in [2.05, 4.69) is 5.32 Å². The zero-order valence-corrected chi connectivity index (χ0v) is 15.4. The number of carbonyl (C=O) groups is 4. The van der Waals surface area contributed by atoms with Gasteiger partial charge in [-0.2, -0.15) is 0 Å². The van der Waals surface area contributed by atoms with Gasteiger partial charge in [0.05, 0.1) is 6.04 Å². The van der Waals surface area contributed by atoms with E-state index in [0.717, 1.165) is 4.90 Å². The van der Waals surface area contributed by atoms with E-state index in [9.17, 15) is 19.2 Å². The smallest absolute Gasteiger partial charge is 0.341 e. The molecule has 0 aromatic rings. The lowest BCUT2D eigenvalue weighted by molar-refractivity contribution is -0.199. The number of carbonyl (C=O) groups excluding carboxylic acids is 4. The van der Waals surface area contributed by atoms with Crippen molar-refractivity contribution in [3.8, 4) is 0 Å². The first-order chi connectivity index (χ1) is 12.8. The number of rotatable bonds is 8. The zero-order chi connectivity index (χ0) is 21.8. The van der Waals surface area contributed by atoms with Gasteiger partial charge in [0.1, 0.15) is 6.04 Å². The highest BCUT2D eigenvalue weighted by Crippen LogP contribution is 2.15. The van der Waals surface area contributed by atoms with Gasteiger partial charge in [0, 0.05) is 17.0 Å². The summed E-state index contributed by atoms with van der Waals surface area (Å²) >= 11 is 0. The molecule has 2 unspecified atom stereocenters. The molecule has 0 bridgehead atoms. The van der Waals surface area contributed by atoms with Crippen LogP contribution in [0.3, 0.4) is 0 Å². The van der Waals surface area contributed by atoms with Crippen LogP contribution in [0.5, 0.6) is 0 Å². The summed E-state index contributed by atoms with van der Waals surface area (Å²) in [6.45, 7) is 4.54. The van der Waals surface area contributed by atoms with Gasteiger partial charge in [-0.05, 0) is 32.3 Å². The van der Waals surface area contributed by atoms with Gasteiger partial charge in [0.15, 0.2) is 0 Å². The first-order valence-electron chi connectivity index (χ1n) is 9.86. The number of nitrogens with one attached hydrogen (secondary N) is 1. The maximum Gasteiger partial charge on any atom is 0.355 e. The fraction of sp³-hybridized carbons (Fsp3) is 0.765. The third-order valence-corrected chi connectivity index (χ3v) is 3.87. The van der Waals surface area contributed by atoms with E-state index >= 15 is 0 Å². The van der Waals surface area contributed by atoms with Gasteiger partial charge in [-0.15, -0.1) is 5.06 Å². The normalized spacial score (nSPS) is 19.7. The average Bonchev–Trinajstić information content (AvgIpc) is 2.87. The third kappa shape index (κ3) is 5.81. The molecule has 1 saturated heterocycles. The molecule has 1 N–H and O–H groups in total. The number of nitrogens with zero attached hydrogens (tertiary/aromatic N) is 2. The van der Waals surface area contributed by atoms with Crippen LogP contribution in [0, 0.1) is 11.8 Å². The Morgan fingerprint density at radius 2 is 1.80 bits per heavy atom. The minimum Gasteiger partial charge on any atom is -0.341 e. The molecule has 3 amide bonds. The first kappa shape index (κ1) is 16.5. The van der Waals surface area contributed by atoms with E-state index in [1.807, 2.05) is 13.8 Å². The number of hydrogen-bond donors (Lipinski definition) is 1. The number of likely N-dealkylation sites (N-methyl/N-ethyl adjacent to an activating group) is 1. The summed E-state index contributed by atoms with van der Waals surface area (Å²) in [6, 6.07) is -2.13. The molecule has 1 aliphatic rings. The molecule has 2 atom stereocenters. The van der Waals surface area contributed by atoms with Gasteiger partial charge in [-0.3, -0.25) is 19.3 Å². The quantitative estimate of drug-likeness (QED) is 0.506. The Bertz CT molecular complexity index is 606. The standard InChI is InChI=1S/C17H29N3O5/c1-10(2)9-12(19(5)6)16(23)18-15(11(3)4)17(24)25-20-13(21)7-8-14(20)22/h10-12,15H,7-9H2,1-6H3,(H,18,23)/i5+1D3. The van der Waals surface area contributed by atoms with Crippen molar-refractivity contribution in [2.45, 2.75) is 59.0 Å². The lowest BCUT2D eigenvalue weighted by Gasteiger charge is -2.28. The highest BCUT2D eigenvalue weighted by Gasteiger charge is 2.37. The van der Waals surface area contributed by atoms with E-state index < -0.39 is 48.7 Å². The summed E-state index contributed by atoms with van der Waals surface area (Å²) < 4.78 is 22.7. The van der Waals surface area contributed by atoms with Gasteiger partial charge in [0.25, 0.3) is 11.8 Å². The largest absolute Gasteiger partial charge is 0.355 e. The molecular formula is C17H29N3O5. The molecule has 0 saturated carbocycles. The van der Waals surface area contributed by atoms with Crippen LogP contribution in [0.4, 0.5) is 0 Å². The van der Waals surface area contributed by atoms with Crippen LogP contribution in [-0.4, -0.2) is 59.8 Å². The van der Waals surface area contributed by atoms with E-state index in [1.165, 1.54) is 7.05 Å². The maximum absolute atomic E-state index is 12.8. The Hall–Kier alpha value is -1.96. The molecule has 0 aliphatic carbocycles. The van der Waals surface area contributed by atoms with E-state index in [0.29, 0.717) is 5.06 Å². The fourth-order valence-electron chi connectivity index (χ4n) is 2.44. The van der Waals surface area contributed by atoms with Crippen LogP contribution in [0.15, 0.2) is 0 Å². The molecule has 142 valence electrons. The van der Waals surface area contributed by atoms with Crippen LogP contribution in [0.2, 0.25) is 0 Å². The van der Waals surface area contributed by atoms with E-state index in [-0.39, 0.29) is 25.2 Å². The van der Waals surface area contributed by atoms with Crippen molar-refractivity contribution in [3.63, 3.8) is 0 Å². The molecule has 1 aliphatic heterocycles. The lowest BCUT2D eigenvalue weighted by atomic mass is 10.0. The number of hydrogen-bond acceptors (Lipinski definition) is 6. The molecule has 0 aromatic heterocycles. The summed E-state index contributed by atoms with van der Waals surface area (Å²) in [5, 5.41) is 2.94. The predicted octanol–water partition coefficient (Wildman–Crippen LogP) is 0.711. The summed E-state index contributed by atoms with van der Waals surface area (Å²) in [4.78, 5) is 54.4. The van der Waals surface area contributed by atoms with E-state index in [1.54, 1.807) is 13.8 Å².